The van der Waals surface area contributed by atoms with Crippen LogP contribution in [0.4, 0.5) is 0 Å². The smallest absolute Gasteiger partial charge is 0.307 e. The molecule has 1 saturated heterocycles. The van der Waals surface area contributed by atoms with Gasteiger partial charge in [-0.1, -0.05) is 71.1 Å². The van der Waals surface area contributed by atoms with E-state index in [1.54, 1.807) is 0 Å². The van der Waals surface area contributed by atoms with Gasteiger partial charge in [0.15, 0.2) is 0 Å². The number of likely N-dealkylation sites (tertiary alicyclic amines) is 1. The Labute approximate surface area is 197 Å². The first kappa shape index (κ1) is 28.9. The van der Waals surface area contributed by atoms with Crippen LogP contribution in [0.25, 0.3) is 0 Å². The first-order valence-corrected chi connectivity index (χ1v) is 13.2. The average molecular weight is 455 g/mol. The highest BCUT2D eigenvalue weighted by Crippen LogP contribution is 2.16. The Kier molecular flexibility index (Phi) is 17.5. The number of carbonyl (C=O) groups excluding carboxylic acids is 2. The molecule has 0 amide bonds. The summed E-state index contributed by atoms with van der Waals surface area (Å²) in [6.45, 7) is 6.07. The van der Waals surface area contributed by atoms with Crippen LogP contribution >= 0.6 is 0 Å². The summed E-state index contributed by atoms with van der Waals surface area (Å²) in [6, 6.07) is 0.500. The summed E-state index contributed by atoms with van der Waals surface area (Å²) < 4.78 is 10.2. The van der Waals surface area contributed by atoms with Gasteiger partial charge in [0, 0.05) is 25.7 Å². The minimum atomic E-state index is -0.200. The van der Waals surface area contributed by atoms with Crippen molar-refractivity contribution in [1.82, 2.24) is 9.80 Å². The summed E-state index contributed by atoms with van der Waals surface area (Å²) in [6.07, 6.45) is 17.3. The third-order valence-corrected chi connectivity index (χ3v) is 6.64. The molecule has 0 spiro atoms. The van der Waals surface area contributed by atoms with Crippen LogP contribution in [0.2, 0.25) is 0 Å². The molecule has 6 heteroatoms. The highest BCUT2D eigenvalue weighted by molar-refractivity contribution is 5.70. The fraction of sp³-hybridized carbons (Fsp3) is 0.923. The molecule has 1 aliphatic rings. The summed E-state index contributed by atoms with van der Waals surface area (Å²) in [5.41, 5.74) is 0. The van der Waals surface area contributed by atoms with E-state index in [0.717, 1.165) is 25.9 Å². The van der Waals surface area contributed by atoms with E-state index in [1.165, 1.54) is 77.7 Å². The fourth-order valence-electron chi connectivity index (χ4n) is 4.43. The van der Waals surface area contributed by atoms with E-state index in [2.05, 4.69) is 23.8 Å². The molecule has 0 aliphatic carbocycles. The Bertz CT molecular complexity index is 486. The van der Waals surface area contributed by atoms with Crippen LogP contribution in [-0.2, 0) is 19.1 Å². The van der Waals surface area contributed by atoms with Crippen molar-refractivity contribution < 1.29 is 19.1 Å². The molecule has 1 unspecified atom stereocenters. The molecular formula is C26H50N2O4. The normalized spacial score (nSPS) is 16.6. The molecule has 0 bridgehead atoms. The van der Waals surface area contributed by atoms with Gasteiger partial charge in [-0.2, -0.15) is 0 Å². The van der Waals surface area contributed by atoms with Gasteiger partial charge < -0.3 is 19.3 Å². The Morgan fingerprint density at radius 3 is 1.97 bits per heavy atom. The van der Waals surface area contributed by atoms with E-state index in [4.69, 9.17) is 9.47 Å². The number of hydrogen-bond acceptors (Lipinski definition) is 6. The van der Waals surface area contributed by atoms with Crippen molar-refractivity contribution in [3.8, 4) is 0 Å². The number of hydrogen-bond donors (Lipinski definition) is 0. The standard InChI is InChI=1S/C26H50N2O4/c1-4-5-6-7-8-9-10-11-12-13-14-22-32-26(30)18-21-28(20-17-25(29)31-3)23-24-16-15-19-27(24)2/h24H,4-23H2,1-3H3. The first-order valence-electron chi connectivity index (χ1n) is 13.2. The van der Waals surface area contributed by atoms with Crippen LogP contribution in [0, 0.1) is 0 Å². The zero-order chi connectivity index (χ0) is 23.4. The summed E-state index contributed by atoms with van der Waals surface area (Å²) >= 11 is 0. The average Bonchev–Trinajstić information content (AvgIpc) is 3.20. The lowest BCUT2D eigenvalue weighted by Crippen LogP contribution is -2.40. The van der Waals surface area contributed by atoms with Gasteiger partial charge in [-0.3, -0.25) is 9.59 Å². The van der Waals surface area contributed by atoms with Gasteiger partial charge in [0.05, 0.1) is 26.6 Å². The van der Waals surface area contributed by atoms with E-state index < -0.39 is 0 Å². The molecule has 0 radical (unpaired) electrons. The molecule has 0 aromatic carbocycles. The number of nitrogens with zero attached hydrogens (tertiary/aromatic N) is 2. The van der Waals surface area contributed by atoms with E-state index in [9.17, 15) is 9.59 Å². The molecule has 1 heterocycles. The zero-order valence-electron chi connectivity index (χ0n) is 21.2. The molecule has 1 rings (SSSR count). The summed E-state index contributed by atoms with van der Waals surface area (Å²) in [4.78, 5) is 28.3. The van der Waals surface area contributed by atoms with Crippen LogP contribution in [-0.4, -0.2) is 74.7 Å². The minimum Gasteiger partial charge on any atom is -0.469 e. The van der Waals surface area contributed by atoms with Gasteiger partial charge in [0.1, 0.15) is 0 Å². The predicted molar refractivity (Wildman–Crippen MR) is 131 cm³/mol. The SMILES string of the molecule is CCCCCCCCCCCCCOC(=O)CCN(CCC(=O)OC)CC1CCCN1C. The Morgan fingerprint density at radius 1 is 0.875 bits per heavy atom. The van der Waals surface area contributed by atoms with Crippen molar-refractivity contribution in [3.05, 3.63) is 0 Å². The second-order valence-electron chi connectivity index (χ2n) is 9.41. The van der Waals surface area contributed by atoms with Crippen LogP contribution in [0.5, 0.6) is 0 Å². The first-order chi connectivity index (χ1) is 15.6. The van der Waals surface area contributed by atoms with Crippen molar-refractivity contribution in [2.45, 2.75) is 109 Å². The van der Waals surface area contributed by atoms with Gasteiger partial charge >= 0.3 is 11.9 Å². The van der Waals surface area contributed by atoms with Crippen molar-refractivity contribution in [2.24, 2.45) is 0 Å². The lowest BCUT2D eigenvalue weighted by molar-refractivity contribution is -0.144. The Hall–Kier alpha value is -1.14. The van der Waals surface area contributed by atoms with Crippen LogP contribution < -0.4 is 0 Å². The van der Waals surface area contributed by atoms with E-state index >= 15 is 0 Å². The van der Waals surface area contributed by atoms with Gasteiger partial charge in [0.25, 0.3) is 0 Å². The van der Waals surface area contributed by atoms with Crippen LogP contribution in [0.15, 0.2) is 0 Å². The maximum Gasteiger partial charge on any atom is 0.307 e. The molecule has 1 atom stereocenters. The Morgan fingerprint density at radius 2 is 1.44 bits per heavy atom. The summed E-state index contributed by atoms with van der Waals surface area (Å²) in [7, 11) is 3.57. The van der Waals surface area contributed by atoms with Gasteiger partial charge in [-0.05, 0) is 32.9 Å². The molecule has 0 aromatic rings. The molecule has 32 heavy (non-hydrogen) atoms. The molecule has 0 aromatic heterocycles. The van der Waals surface area contributed by atoms with Crippen molar-refractivity contribution in [1.29, 1.82) is 0 Å². The highest BCUT2D eigenvalue weighted by atomic mass is 16.5. The van der Waals surface area contributed by atoms with Gasteiger partial charge in [-0.25, -0.2) is 0 Å². The van der Waals surface area contributed by atoms with Crippen LogP contribution in [0.3, 0.4) is 0 Å². The molecule has 188 valence electrons. The van der Waals surface area contributed by atoms with Gasteiger partial charge in [0.2, 0.25) is 0 Å². The number of esters is 2. The molecular weight excluding hydrogens is 404 g/mol. The lowest BCUT2D eigenvalue weighted by Gasteiger charge is -2.28. The van der Waals surface area contributed by atoms with Crippen molar-refractivity contribution in [2.75, 3.05) is 46.9 Å². The maximum absolute atomic E-state index is 12.2. The quantitative estimate of drug-likeness (QED) is 0.186. The molecule has 0 N–H and O–H groups in total. The highest BCUT2D eigenvalue weighted by Gasteiger charge is 2.24. The van der Waals surface area contributed by atoms with E-state index in [-0.39, 0.29) is 11.9 Å². The van der Waals surface area contributed by atoms with Crippen molar-refractivity contribution in [3.63, 3.8) is 0 Å². The van der Waals surface area contributed by atoms with Gasteiger partial charge in [-0.15, -0.1) is 0 Å². The Balaban J connectivity index is 2.09. The maximum atomic E-state index is 12.2. The molecule has 6 nitrogen and oxygen atoms in total. The monoisotopic (exact) mass is 454 g/mol. The molecule has 1 aliphatic heterocycles. The summed E-state index contributed by atoms with van der Waals surface area (Å²) in [5, 5.41) is 0. The largest absolute Gasteiger partial charge is 0.469 e. The van der Waals surface area contributed by atoms with E-state index in [0.29, 0.717) is 38.6 Å². The zero-order valence-corrected chi connectivity index (χ0v) is 21.2. The third kappa shape index (κ3) is 14.8. The number of unbranched alkanes of at least 4 members (excludes halogenated alkanes) is 10. The second-order valence-corrected chi connectivity index (χ2v) is 9.41. The molecule has 0 saturated carbocycles. The van der Waals surface area contributed by atoms with E-state index in [1.807, 2.05) is 0 Å². The predicted octanol–water partition coefficient (Wildman–Crippen LogP) is 5.19. The number of rotatable bonds is 20. The number of carbonyl (C=O) groups is 2. The number of methoxy groups -OCH3 is 1. The fourth-order valence-corrected chi connectivity index (χ4v) is 4.43. The topological polar surface area (TPSA) is 59.1 Å². The number of likely N-dealkylation sites (N-methyl/N-ethyl adjacent to an activating group) is 1. The van der Waals surface area contributed by atoms with Crippen molar-refractivity contribution >= 4 is 11.9 Å². The summed E-state index contributed by atoms with van der Waals surface area (Å²) in [5.74, 6) is -0.325. The lowest BCUT2D eigenvalue weighted by atomic mass is 10.1. The minimum absolute atomic E-state index is 0.125. The number of ether oxygens (including phenoxy) is 2. The van der Waals surface area contributed by atoms with Crippen LogP contribution in [0.1, 0.15) is 103 Å². The third-order valence-electron chi connectivity index (χ3n) is 6.64. The second kappa shape index (κ2) is 19.3. The molecule has 1 fully saturated rings.